The zero-order chi connectivity index (χ0) is 22.2. The molecule has 2 aromatic carbocycles. The van der Waals surface area contributed by atoms with Gasteiger partial charge in [-0.1, -0.05) is 24.6 Å². The van der Waals surface area contributed by atoms with Gasteiger partial charge in [-0.25, -0.2) is 13.1 Å². The highest BCUT2D eigenvalue weighted by molar-refractivity contribution is 7.90. The Labute approximate surface area is 181 Å². The van der Waals surface area contributed by atoms with Gasteiger partial charge in [-0.3, -0.25) is 0 Å². The van der Waals surface area contributed by atoms with Crippen molar-refractivity contribution in [3.05, 3.63) is 53.6 Å². The van der Waals surface area contributed by atoms with Crippen LogP contribution < -0.4 is 20.9 Å². The molecule has 0 saturated carbocycles. The Balaban J connectivity index is 1.69. The Morgan fingerprint density at radius 3 is 2.17 bits per heavy atom. The first-order valence-corrected chi connectivity index (χ1v) is 12.0. The molecule has 0 aliphatic rings. The van der Waals surface area contributed by atoms with Crippen LogP contribution in [0.15, 0.2) is 42.5 Å². The minimum atomic E-state index is -3.24. The summed E-state index contributed by atoms with van der Waals surface area (Å²) in [6, 6.07) is 14.4. The van der Waals surface area contributed by atoms with Crippen molar-refractivity contribution in [3.63, 3.8) is 0 Å². The van der Waals surface area contributed by atoms with Crippen LogP contribution >= 0.6 is 0 Å². The highest BCUT2D eigenvalue weighted by atomic mass is 32.2. The van der Waals surface area contributed by atoms with E-state index in [1.165, 1.54) is 11.1 Å². The van der Waals surface area contributed by atoms with E-state index in [4.69, 9.17) is 0 Å². The van der Waals surface area contributed by atoms with E-state index in [0.29, 0.717) is 6.54 Å². The number of para-hydroxylation sites is 1. The summed E-state index contributed by atoms with van der Waals surface area (Å²) in [6.45, 7) is 10.6. The third-order valence-electron chi connectivity index (χ3n) is 4.98. The number of aryl methyl sites for hydroxylation is 2. The van der Waals surface area contributed by atoms with E-state index in [1.54, 1.807) is 20.8 Å². The Kier molecular flexibility index (Phi) is 8.55. The van der Waals surface area contributed by atoms with Crippen LogP contribution in [-0.2, 0) is 10.0 Å². The van der Waals surface area contributed by atoms with Gasteiger partial charge in [0, 0.05) is 18.8 Å². The van der Waals surface area contributed by atoms with Crippen LogP contribution in [0.5, 0.6) is 0 Å². The van der Waals surface area contributed by atoms with Crippen molar-refractivity contribution in [1.82, 2.24) is 4.72 Å². The molecule has 7 heteroatoms. The fraction of sp³-hybridized carbons (Fsp3) is 0.478. The van der Waals surface area contributed by atoms with Crippen molar-refractivity contribution >= 4 is 27.1 Å². The van der Waals surface area contributed by atoms with Crippen LogP contribution in [-0.4, -0.2) is 26.3 Å². The Bertz CT molecular complexity index is 921. The normalized spacial score (nSPS) is 11.9. The third-order valence-corrected chi connectivity index (χ3v) is 7.18. The van der Waals surface area contributed by atoms with Gasteiger partial charge in [0.1, 0.15) is 0 Å². The predicted molar refractivity (Wildman–Crippen MR) is 129 cm³/mol. The van der Waals surface area contributed by atoms with Gasteiger partial charge in [0.05, 0.1) is 16.1 Å². The summed E-state index contributed by atoms with van der Waals surface area (Å²) in [7, 11) is -3.24. The average Bonchev–Trinajstić information content (AvgIpc) is 2.67. The Morgan fingerprint density at radius 2 is 1.50 bits per heavy atom. The number of rotatable bonds is 11. The molecule has 4 N–H and O–H groups in total. The van der Waals surface area contributed by atoms with Gasteiger partial charge in [0.25, 0.3) is 0 Å². The van der Waals surface area contributed by atoms with Crippen molar-refractivity contribution < 1.29 is 8.42 Å². The standard InChI is InChI=1S/C23H36N4O2S/c1-18-11-7-8-12-22(18)27-26-20-13-14-21(19(2)17-20)24-15-9-6-10-16-25-30(28,29)23(3,4)5/h7-8,11-14,17,24-27H,6,9-10,15-16H2,1-5H3. The molecular formula is C23H36N4O2S. The molecule has 0 aliphatic carbocycles. The monoisotopic (exact) mass is 432 g/mol. The van der Waals surface area contributed by atoms with Crippen LogP contribution in [0.1, 0.15) is 51.2 Å². The fourth-order valence-electron chi connectivity index (χ4n) is 2.87. The van der Waals surface area contributed by atoms with Crippen LogP contribution in [0.2, 0.25) is 0 Å². The van der Waals surface area contributed by atoms with Gasteiger partial charge in [-0.2, -0.15) is 0 Å². The molecule has 0 saturated heterocycles. The van der Waals surface area contributed by atoms with Crippen LogP contribution in [0.3, 0.4) is 0 Å². The maximum Gasteiger partial charge on any atom is 0.216 e. The minimum absolute atomic E-state index is 0.493. The first-order chi connectivity index (χ1) is 14.1. The highest BCUT2D eigenvalue weighted by Gasteiger charge is 2.27. The number of hydrazine groups is 1. The molecule has 0 unspecified atom stereocenters. The summed E-state index contributed by atoms with van der Waals surface area (Å²) < 4.78 is 25.9. The number of anilines is 3. The molecule has 0 aliphatic heterocycles. The molecule has 0 bridgehead atoms. The second-order valence-electron chi connectivity index (χ2n) is 8.59. The summed E-state index contributed by atoms with van der Waals surface area (Å²) in [5.41, 5.74) is 12.0. The van der Waals surface area contributed by atoms with Gasteiger partial charge in [0.2, 0.25) is 10.0 Å². The maximum atomic E-state index is 12.0. The van der Waals surface area contributed by atoms with Gasteiger partial charge >= 0.3 is 0 Å². The minimum Gasteiger partial charge on any atom is -0.385 e. The van der Waals surface area contributed by atoms with Crippen molar-refractivity contribution in [3.8, 4) is 0 Å². The number of hydrogen-bond donors (Lipinski definition) is 4. The smallest absolute Gasteiger partial charge is 0.216 e. The molecule has 0 radical (unpaired) electrons. The van der Waals surface area contributed by atoms with Gasteiger partial charge < -0.3 is 16.2 Å². The van der Waals surface area contributed by atoms with Gasteiger partial charge in [-0.15, -0.1) is 0 Å². The second kappa shape index (κ2) is 10.7. The zero-order valence-corrected chi connectivity index (χ0v) is 19.6. The summed E-state index contributed by atoms with van der Waals surface area (Å²) in [5.74, 6) is 0. The average molecular weight is 433 g/mol. The maximum absolute atomic E-state index is 12.0. The van der Waals surface area contributed by atoms with E-state index in [9.17, 15) is 8.42 Å². The molecule has 0 atom stereocenters. The third kappa shape index (κ3) is 7.22. The molecule has 0 heterocycles. The number of unbranched alkanes of at least 4 members (excludes halogenated alkanes) is 2. The largest absolute Gasteiger partial charge is 0.385 e. The Hall–Kier alpha value is -2.25. The van der Waals surface area contributed by atoms with Gasteiger partial charge in [0.15, 0.2) is 0 Å². The van der Waals surface area contributed by atoms with E-state index in [2.05, 4.69) is 52.9 Å². The number of hydrogen-bond acceptors (Lipinski definition) is 5. The van der Waals surface area contributed by atoms with Crippen molar-refractivity contribution in [2.45, 2.75) is 58.6 Å². The number of sulfonamides is 1. The summed E-state index contributed by atoms with van der Waals surface area (Å²) in [4.78, 5) is 0. The molecule has 0 fully saturated rings. The molecule has 30 heavy (non-hydrogen) atoms. The number of nitrogens with one attached hydrogen (secondary N) is 4. The molecule has 166 valence electrons. The molecule has 0 spiro atoms. The van der Waals surface area contributed by atoms with E-state index in [-0.39, 0.29) is 0 Å². The molecule has 0 amide bonds. The molecule has 2 rings (SSSR count). The zero-order valence-electron chi connectivity index (χ0n) is 18.8. The van der Waals surface area contributed by atoms with Gasteiger partial charge in [-0.05, 0) is 82.9 Å². The lowest BCUT2D eigenvalue weighted by Gasteiger charge is -2.19. The van der Waals surface area contributed by atoms with Crippen molar-refractivity contribution in [1.29, 1.82) is 0 Å². The fourth-order valence-corrected chi connectivity index (χ4v) is 3.71. The van der Waals surface area contributed by atoms with Crippen LogP contribution in [0, 0.1) is 13.8 Å². The highest BCUT2D eigenvalue weighted by Crippen LogP contribution is 2.21. The summed E-state index contributed by atoms with van der Waals surface area (Å²) >= 11 is 0. The van der Waals surface area contributed by atoms with Crippen molar-refractivity contribution in [2.75, 3.05) is 29.3 Å². The van der Waals surface area contributed by atoms with E-state index in [1.807, 2.05) is 24.3 Å². The molecular weight excluding hydrogens is 396 g/mol. The lowest BCUT2D eigenvalue weighted by Crippen LogP contribution is -2.39. The summed E-state index contributed by atoms with van der Waals surface area (Å²) in [6.07, 6.45) is 2.80. The predicted octanol–water partition coefficient (Wildman–Crippen LogP) is 5.04. The molecule has 2 aromatic rings. The van der Waals surface area contributed by atoms with Crippen LogP contribution in [0.4, 0.5) is 17.1 Å². The number of benzene rings is 2. The lowest BCUT2D eigenvalue weighted by atomic mass is 10.1. The van der Waals surface area contributed by atoms with Crippen LogP contribution in [0.25, 0.3) is 0 Å². The summed E-state index contributed by atoms with van der Waals surface area (Å²) in [5, 5.41) is 3.47. The lowest BCUT2D eigenvalue weighted by molar-refractivity contribution is 0.540. The molecule has 6 nitrogen and oxygen atoms in total. The quantitative estimate of drug-likeness (QED) is 0.295. The second-order valence-corrected chi connectivity index (χ2v) is 11.1. The van der Waals surface area contributed by atoms with E-state index < -0.39 is 14.8 Å². The Morgan fingerprint density at radius 1 is 0.800 bits per heavy atom. The topological polar surface area (TPSA) is 82.3 Å². The van der Waals surface area contributed by atoms with Crippen molar-refractivity contribution in [2.24, 2.45) is 0 Å². The molecule has 0 aromatic heterocycles. The first-order valence-electron chi connectivity index (χ1n) is 10.5. The first kappa shape index (κ1) is 24.0. The van der Waals surface area contributed by atoms with E-state index >= 15 is 0 Å². The SMILES string of the molecule is Cc1cc(NNc2ccccc2C)ccc1NCCCCCNS(=O)(=O)C(C)(C)C. The van der Waals surface area contributed by atoms with E-state index in [0.717, 1.165) is 42.9 Å².